The first-order valence-corrected chi connectivity index (χ1v) is 7.46. The maximum Gasteiger partial charge on any atom is 0.407 e. The van der Waals surface area contributed by atoms with Gasteiger partial charge in [0.25, 0.3) is 0 Å². The number of amides is 1. The lowest BCUT2D eigenvalue weighted by molar-refractivity contribution is 0.0373. The summed E-state index contributed by atoms with van der Waals surface area (Å²) in [5.74, 6) is 0. The number of benzene rings is 1. The van der Waals surface area contributed by atoms with Crippen LogP contribution < -0.4 is 5.32 Å². The molecule has 2 rings (SSSR count). The number of hydrogen-bond donors (Lipinski definition) is 2. The summed E-state index contributed by atoms with van der Waals surface area (Å²) in [4.78, 5) is 13.9. The number of alkyl carbamates (subject to hydrolysis) is 1. The molecule has 5 heteroatoms. The molecule has 2 atom stereocenters. The first kappa shape index (κ1) is 15.8. The van der Waals surface area contributed by atoms with Crippen molar-refractivity contribution in [2.45, 2.75) is 45.1 Å². The van der Waals surface area contributed by atoms with Crippen LogP contribution in [0.3, 0.4) is 0 Å². The van der Waals surface area contributed by atoms with Crippen molar-refractivity contribution >= 4 is 6.09 Å². The van der Waals surface area contributed by atoms with Crippen molar-refractivity contribution in [2.24, 2.45) is 0 Å². The van der Waals surface area contributed by atoms with Gasteiger partial charge in [-0.1, -0.05) is 30.3 Å². The molecule has 1 aliphatic rings. The fourth-order valence-corrected chi connectivity index (χ4v) is 2.53. The van der Waals surface area contributed by atoms with Crippen LogP contribution in [0.2, 0.25) is 0 Å². The summed E-state index contributed by atoms with van der Waals surface area (Å²) < 4.78 is 5.08. The first-order valence-electron chi connectivity index (χ1n) is 7.46. The molecule has 2 N–H and O–H groups in total. The molecular formula is C16H24N2O3. The fraction of sp³-hybridized carbons (Fsp3) is 0.562. The molecule has 1 fully saturated rings. The molecule has 1 heterocycles. The Bertz CT molecular complexity index is 450. The molecular weight excluding hydrogens is 268 g/mol. The van der Waals surface area contributed by atoms with Crippen LogP contribution in [0, 0.1) is 0 Å². The van der Waals surface area contributed by atoms with Gasteiger partial charge < -0.3 is 15.2 Å². The minimum atomic E-state index is -0.517. The monoisotopic (exact) mass is 292 g/mol. The summed E-state index contributed by atoms with van der Waals surface area (Å²) in [6.07, 6.45) is -0.488. The molecule has 1 aliphatic heterocycles. The van der Waals surface area contributed by atoms with Gasteiger partial charge in [0.1, 0.15) is 0 Å². The standard InChI is InChI=1S/C16H24N2O3/c1-12(2)21-16(20)17-14-11-18(9-8-15(14)19)10-13-6-4-3-5-7-13/h3-7,12,14-15,19H,8-11H2,1-2H3,(H,17,20)/t14-,15-/m1/s1. The number of hydrogen-bond acceptors (Lipinski definition) is 4. The normalized spacial score (nSPS) is 23.0. The van der Waals surface area contributed by atoms with Crippen LogP contribution in [0.25, 0.3) is 0 Å². The summed E-state index contributed by atoms with van der Waals surface area (Å²) >= 11 is 0. The van der Waals surface area contributed by atoms with Crippen molar-refractivity contribution < 1.29 is 14.6 Å². The van der Waals surface area contributed by atoms with E-state index in [1.807, 2.05) is 18.2 Å². The highest BCUT2D eigenvalue weighted by Crippen LogP contribution is 2.14. The Morgan fingerprint density at radius 2 is 2.14 bits per heavy atom. The van der Waals surface area contributed by atoms with Crippen LogP contribution in [0.1, 0.15) is 25.8 Å². The van der Waals surface area contributed by atoms with Crippen molar-refractivity contribution in [1.29, 1.82) is 0 Å². The summed E-state index contributed by atoms with van der Waals surface area (Å²) in [6.45, 7) is 5.89. The lowest BCUT2D eigenvalue weighted by Crippen LogP contribution is -2.55. The predicted molar refractivity (Wildman–Crippen MR) is 80.9 cm³/mol. The van der Waals surface area contributed by atoms with Crippen LogP contribution >= 0.6 is 0 Å². The number of carbonyl (C=O) groups is 1. The largest absolute Gasteiger partial charge is 0.447 e. The Hall–Kier alpha value is -1.59. The number of ether oxygens (including phenoxy) is 1. The Kier molecular flexibility index (Phi) is 5.59. The molecule has 0 spiro atoms. The average Bonchev–Trinajstić information content (AvgIpc) is 2.43. The van der Waals surface area contributed by atoms with Gasteiger partial charge in [-0.2, -0.15) is 0 Å². The number of piperidine rings is 1. The fourth-order valence-electron chi connectivity index (χ4n) is 2.53. The van der Waals surface area contributed by atoms with Crippen LogP contribution in [0.4, 0.5) is 4.79 Å². The molecule has 1 saturated heterocycles. The van der Waals surface area contributed by atoms with Crippen molar-refractivity contribution in [3.8, 4) is 0 Å². The lowest BCUT2D eigenvalue weighted by atomic mass is 10.0. The van der Waals surface area contributed by atoms with Crippen LogP contribution in [0.15, 0.2) is 30.3 Å². The van der Waals surface area contributed by atoms with Crippen molar-refractivity contribution in [3.05, 3.63) is 35.9 Å². The van der Waals surface area contributed by atoms with Gasteiger partial charge in [0.15, 0.2) is 0 Å². The second-order valence-electron chi connectivity index (χ2n) is 5.78. The molecule has 0 aliphatic carbocycles. The summed E-state index contributed by atoms with van der Waals surface area (Å²) in [7, 11) is 0. The Morgan fingerprint density at radius 3 is 2.81 bits per heavy atom. The Labute approximate surface area is 125 Å². The smallest absolute Gasteiger partial charge is 0.407 e. The minimum absolute atomic E-state index is 0.161. The number of aliphatic hydroxyl groups is 1. The van der Waals surface area contributed by atoms with Crippen LogP contribution in [-0.4, -0.2) is 47.4 Å². The van der Waals surface area contributed by atoms with Gasteiger partial charge in [0, 0.05) is 19.6 Å². The third-order valence-corrected chi connectivity index (χ3v) is 3.56. The molecule has 116 valence electrons. The van der Waals surface area contributed by atoms with Crippen molar-refractivity contribution in [2.75, 3.05) is 13.1 Å². The number of rotatable bonds is 4. The summed E-state index contributed by atoms with van der Waals surface area (Å²) in [5, 5.41) is 12.8. The maximum atomic E-state index is 11.7. The molecule has 1 aromatic rings. The van der Waals surface area contributed by atoms with E-state index in [2.05, 4.69) is 22.3 Å². The molecule has 5 nitrogen and oxygen atoms in total. The zero-order chi connectivity index (χ0) is 15.2. The molecule has 0 saturated carbocycles. The zero-order valence-electron chi connectivity index (χ0n) is 12.7. The lowest BCUT2D eigenvalue weighted by Gasteiger charge is -2.36. The van der Waals surface area contributed by atoms with Gasteiger partial charge >= 0.3 is 6.09 Å². The summed E-state index contributed by atoms with van der Waals surface area (Å²) in [6, 6.07) is 9.92. The van der Waals surface area contributed by atoms with Gasteiger partial charge in [-0.25, -0.2) is 4.79 Å². The topological polar surface area (TPSA) is 61.8 Å². The van der Waals surface area contributed by atoms with E-state index < -0.39 is 12.2 Å². The van der Waals surface area contributed by atoms with E-state index in [0.29, 0.717) is 13.0 Å². The molecule has 21 heavy (non-hydrogen) atoms. The third-order valence-electron chi connectivity index (χ3n) is 3.56. The van der Waals surface area contributed by atoms with Crippen LogP contribution in [-0.2, 0) is 11.3 Å². The number of likely N-dealkylation sites (tertiary alicyclic amines) is 1. The van der Waals surface area contributed by atoms with Crippen molar-refractivity contribution in [1.82, 2.24) is 10.2 Å². The van der Waals surface area contributed by atoms with E-state index in [0.717, 1.165) is 13.1 Å². The van der Waals surface area contributed by atoms with E-state index in [1.165, 1.54) is 5.56 Å². The Morgan fingerprint density at radius 1 is 1.43 bits per heavy atom. The molecule has 0 aromatic heterocycles. The van der Waals surface area contributed by atoms with E-state index >= 15 is 0 Å². The van der Waals surface area contributed by atoms with E-state index in [9.17, 15) is 9.90 Å². The quantitative estimate of drug-likeness (QED) is 0.887. The van der Waals surface area contributed by atoms with Crippen LogP contribution in [0.5, 0.6) is 0 Å². The molecule has 0 unspecified atom stereocenters. The number of nitrogens with zero attached hydrogens (tertiary/aromatic N) is 1. The highest BCUT2D eigenvalue weighted by atomic mass is 16.6. The van der Waals surface area contributed by atoms with Gasteiger partial charge in [0.2, 0.25) is 0 Å². The first-order chi connectivity index (χ1) is 10.0. The minimum Gasteiger partial charge on any atom is -0.447 e. The Balaban J connectivity index is 1.88. The molecule has 0 radical (unpaired) electrons. The number of aliphatic hydroxyl groups excluding tert-OH is 1. The highest BCUT2D eigenvalue weighted by Gasteiger charge is 2.29. The van der Waals surface area contributed by atoms with Gasteiger partial charge in [0.05, 0.1) is 18.2 Å². The second kappa shape index (κ2) is 7.43. The zero-order valence-corrected chi connectivity index (χ0v) is 12.7. The molecule has 0 bridgehead atoms. The van der Waals surface area contributed by atoms with E-state index in [-0.39, 0.29) is 12.1 Å². The third kappa shape index (κ3) is 5.02. The molecule has 1 aromatic carbocycles. The van der Waals surface area contributed by atoms with Crippen molar-refractivity contribution in [3.63, 3.8) is 0 Å². The van der Waals surface area contributed by atoms with Gasteiger partial charge in [-0.05, 0) is 25.8 Å². The maximum absolute atomic E-state index is 11.7. The SMILES string of the molecule is CC(C)OC(=O)N[C@@H]1CN(Cc2ccccc2)CC[C@H]1O. The number of nitrogens with one attached hydrogen (secondary N) is 1. The van der Waals surface area contributed by atoms with Gasteiger partial charge in [-0.15, -0.1) is 0 Å². The van der Waals surface area contributed by atoms with Gasteiger partial charge in [-0.3, -0.25) is 4.90 Å². The predicted octanol–water partition coefficient (Wildman–Crippen LogP) is 1.76. The second-order valence-corrected chi connectivity index (χ2v) is 5.78. The summed E-state index contributed by atoms with van der Waals surface area (Å²) in [5.41, 5.74) is 1.23. The van der Waals surface area contributed by atoms with E-state index in [1.54, 1.807) is 13.8 Å². The highest BCUT2D eigenvalue weighted by molar-refractivity contribution is 5.67. The average molecular weight is 292 g/mol. The van der Waals surface area contributed by atoms with E-state index in [4.69, 9.17) is 4.74 Å². The number of carbonyl (C=O) groups excluding carboxylic acids is 1. The molecule has 1 amide bonds.